The minimum Gasteiger partial charge on any atom is -0.0901 e. The lowest BCUT2D eigenvalue weighted by molar-refractivity contribution is 0.593. The summed E-state index contributed by atoms with van der Waals surface area (Å²) >= 11 is 0. The van der Waals surface area contributed by atoms with Gasteiger partial charge in [0.2, 0.25) is 0 Å². The molecule has 0 aromatic heterocycles. The number of benzene rings is 2. The molecule has 0 saturated carbocycles. The summed E-state index contributed by atoms with van der Waals surface area (Å²) in [5.41, 5.74) is 3.18. The summed E-state index contributed by atoms with van der Waals surface area (Å²) in [4.78, 5) is 0. The summed E-state index contributed by atoms with van der Waals surface area (Å²) in [7, 11) is -2.16. The lowest BCUT2D eigenvalue weighted by Crippen LogP contribution is -2.08. The third-order valence-electron chi connectivity index (χ3n) is 2.75. The predicted octanol–water partition coefficient (Wildman–Crippen LogP) is 3.63. The van der Waals surface area contributed by atoms with E-state index in [1.54, 1.807) is 6.26 Å². The molecule has 0 N–H and O–H groups in total. The van der Waals surface area contributed by atoms with E-state index in [1.807, 2.05) is 61.5 Å². The van der Waals surface area contributed by atoms with Gasteiger partial charge < -0.3 is 0 Å². The van der Waals surface area contributed by atoms with Crippen molar-refractivity contribution in [3.8, 4) is 11.2 Å². The Morgan fingerprint density at radius 1 is 1.00 bits per heavy atom. The molecule has 19 heavy (non-hydrogen) atoms. The van der Waals surface area contributed by atoms with Gasteiger partial charge in [0.05, 0.1) is 0 Å². The maximum Gasteiger partial charge on any atom is 0.162 e. The molecule has 1 atom stereocenters. The molecule has 0 spiro atoms. The summed E-state index contributed by atoms with van der Waals surface area (Å²) in [6.45, 7) is 2.04. The van der Waals surface area contributed by atoms with Crippen molar-refractivity contribution in [2.75, 3.05) is 6.26 Å². The van der Waals surface area contributed by atoms with Gasteiger partial charge in [-0.1, -0.05) is 52.2 Å². The molecule has 0 amide bonds. The van der Waals surface area contributed by atoms with Crippen molar-refractivity contribution >= 4 is 9.93 Å². The van der Waals surface area contributed by atoms with E-state index in [-0.39, 0.29) is 0 Å². The molecule has 96 valence electrons. The molecule has 0 aliphatic carbocycles. The zero-order valence-corrected chi connectivity index (χ0v) is 12.0. The van der Waals surface area contributed by atoms with Crippen LogP contribution in [0.4, 0.5) is 0 Å². The summed E-state index contributed by atoms with van der Waals surface area (Å²) in [5, 5.41) is 2.92. The van der Waals surface area contributed by atoms with E-state index in [4.69, 9.17) is 0 Å². The number of hydrogen-bond acceptors (Lipinski definition) is 1. The third kappa shape index (κ3) is 4.39. The minimum absolute atomic E-state index is 0.507. The van der Waals surface area contributed by atoms with Crippen LogP contribution in [0.3, 0.4) is 0 Å². The fourth-order valence-electron chi connectivity index (χ4n) is 1.73. The second kappa shape index (κ2) is 5.86. The molecule has 1 unspecified atom stereocenters. The van der Waals surface area contributed by atoms with Crippen molar-refractivity contribution in [3.63, 3.8) is 0 Å². The first-order valence-corrected chi connectivity index (χ1v) is 8.29. The maximum atomic E-state index is 12.4. The molecule has 2 aromatic carbocycles. The van der Waals surface area contributed by atoms with Crippen molar-refractivity contribution in [2.24, 2.45) is 0 Å². The van der Waals surface area contributed by atoms with Gasteiger partial charge in [0.15, 0.2) is 15.2 Å². The van der Waals surface area contributed by atoms with E-state index >= 15 is 0 Å². The van der Waals surface area contributed by atoms with Crippen LogP contribution in [0, 0.1) is 18.1 Å². The van der Waals surface area contributed by atoms with Gasteiger partial charge in [0, 0.05) is 11.1 Å². The Kier molecular flexibility index (Phi) is 4.19. The maximum absolute atomic E-state index is 12.4. The van der Waals surface area contributed by atoms with Crippen molar-refractivity contribution in [2.45, 2.75) is 12.7 Å². The van der Waals surface area contributed by atoms with Crippen LogP contribution in [0.25, 0.3) is 0 Å². The van der Waals surface area contributed by atoms with E-state index in [9.17, 15) is 4.21 Å². The van der Waals surface area contributed by atoms with Crippen LogP contribution < -0.4 is 0 Å². The Morgan fingerprint density at radius 2 is 1.63 bits per heavy atom. The molecule has 0 aliphatic heterocycles. The van der Waals surface area contributed by atoms with E-state index in [0.717, 1.165) is 11.1 Å². The molecule has 0 radical (unpaired) electrons. The van der Waals surface area contributed by atoms with Crippen LogP contribution in [0.15, 0.2) is 54.6 Å². The molecule has 2 aromatic rings. The SMILES string of the molecule is Cc1ccc(C[S+](C)(=O)C#Cc2ccccc2)cc1. The van der Waals surface area contributed by atoms with E-state index in [1.165, 1.54) is 5.56 Å². The average molecular weight is 269 g/mol. The minimum atomic E-state index is -2.16. The summed E-state index contributed by atoms with van der Waals surface area (Å²) < 4.78 is 12.4. The molecule has 2 rings (SSSR count). The van der Waals surface area contributed by atoms with Gasteiger partial charge in [-0.25, -0.2) is 0 Å². The standard InChI is InChI=1S/C17H17OS/c1-15-8-10-17(11-9-15)14-19(2,18)13-12-16-6-4-3-5-7-16/h3-11H,14H2,1-2H3/q+1. The zero-order chi connectivity index (χ0) is 13.7. The van der Waals surface area contributed by atoms with Crippen LogP contribution in [0.1, 0.15) is 16.7 Å². The molecule has 0 aliphatic rings. The van der Waals surface area contributed by atoms with E-state index in [0.29, 0.717) is 5.75 Å². The number of hydrogen-bond donors (Lipinski definition) is 0. The molecular weight excluding hydrogens is 252 g/mol. The van der Waals surface area contributed by atoms with Crippen molar-refractivity contribution in [3.05, 3.63) is 71.3 Å². The first kappa shape index (κ1) is 13.6. The van der Waals surface area contributed by atoms with Gasteiger partial charge in [-0.2, -0.15) is 0 Å². The molecule has 0 heterocycles. The molecule has 0 fully saturated rings. The topological polar surface area (TPSA) is 17.1 Å². The average Bonchev–Trinajstić information content (AvgIpc) is 2.40. The smallest absolute Gasteiger partial charge is 0.0901 e. The van der Waals surface area contributed by atoms with Gasteiger partial charge in [-0.05, 0) is 25.0 Å². The van der Waals surface area contributed by atoms with Crippen LogP contribution in [-0.4, -0.2) is 6.26 Å². The Morgan fingerprint density at radius 3 is 2.26 bits per heavy atom. The highest BCUT2D eigenvalue weighted by molar-refractivity contribution is 8.05. The predicted molar refractivity (Wildman–Crippen MR) is 82.2 cm³/mol. The lowest BCUT2D eigenvalue weighted by Gasteiger charge is -2.00. The second-order valence-corrected chi connectivity index (χ2v) is 7.23. The summed E-state index contributed by atoms with van der Waals surface area (Å²) in [6, 6.07) is 17.8. The van der Waals surface area contributed by atoms with Crippen LogP contribution >= 0.6 is 0 Å². The Bertz CT molecular complexity index is 645. The van der Waals surface area contributed by atoms with Crippen LogP contribution in [0.5, 0.6) is 0 Å². The monoisotopic (exact) mass is 269 g/mol. The van der Waals surface area contributed by atoms with Crippen LogP contribution in [-0.2, 0) is 19.9 Å². The molecule has 0 saturated heterocycles. The third-order valence-corrected chi connectivity index (χ3v) is 4.17. The zero-order valence-electron chi connectivity index (χ0n) is 11.2. The van der Waals surface area contributed by atoms with E-state index in [2.05, 4.69) is 11.2 Å². The molecule has 2 heteroatoms. The van der Waals surface area contributed by atoms with Crippen molar-refractivity contribution in [1.82, 2.24) is 0 Å². The summed E-state index contributed by atoms with van der Waals surface area (Å²) in [5.74, 6) is 3.50. The Hall–Kier alpha value is -1.85. The highest BCUT2D eigenvalue weighted by Gasteiger charge is 2.18. The van der Waals surface area contributed by atoms with E-state index < -0.39 is 9.93 Å². The molecular formula is C17H17OS+. The van der Waals surface area contributed by atoms with Gasteiger partial charge in [0.1, 0.15) is 12.0 Å². The second-order valence-electron chi connectivity index (χ2n) is 4.73. The van der Waals surface area contributed by atoms with Gasteiger partial charge >= 0.3 is 0 Å². The lowest BCUT2D eigenvalue weighted by atomic mass is 10.2. The number of rotatable bonds is 2. The van der Waals surface area contributed by atoms with Crippen molar-refractivity contribution in [1.29, 1.82) is 0 Å². The highest BCUT2D eigenvalue weighted by atomic mass is 32.2. The quantitative estimate of drug-likeness (QED) is 0.601. The van der Waals surface area contributed by atoms with Gasteiger partial charge in [-0.15, -0.1) is 0 Å². The fourth-order valence-corrected chi connectivity index (χ4v) is 2.96. The first-order valence-electron chi connectivity index (χ1n) is 6.15. The normalized spacial score (nSPS) is 13.2. The Balaban J connectivity index is 2.13. The van der Waals surface area contributed by atoms with Gasteiger partial charge in [-0.3, -0.25) is 0 Å². The number of aryl methyl sites for hydroxylation is 1. The summed E-state index contributed by atoms with van der Waals surface area (Å²) in [6.07, 6.45) is 1.72. The molecule has 0 bridgehead atoms. The van der Waals surface area contributed by atoms with Gasteiger partial charge in [0.25, 0.3) is 0 Å². The van der Waals surface area contributed by atoms with Crippen molar-refractivity contribution < 1.29 is 4.21 Å². The first-order chi connectivity index (χ1) is 9.05. The largest absolute Gasteiger partial charge is 0.162 e. The molecule has 1 nitrogen and oxygen atoms in total. The van der Waals surface area contributed by atoms with Crippen LogP contribution in [0.2, 0.25) is 0 Å². The Labute approximate surface area is 116 Å². The highest BCUT2D eigenvalue weighted by Crippen LogP contribution is 2.12. The fraction of sp³-hybridized carbons (Fsp3) is 0.176.